The number of rotatable bonds is 2. The smallest absolute Gasteiger partial charge is 0.175 e. The Bertz CT molecular complexity index is 689. The largest absolute Gasteiger partial charge is 0.486 e. The lowest BCUT2D eigenvalue weighted by molar-refractivity contribution is 0.170. The number of hydrogen-bond donors (Lipinski definition) is 1. The Morgan fingerprint density at radius 2 is 1.90 bits per heavy atom. The number of aromatic nitrogens is 2. The molecule has 3 rings (SSSR count). The molecule has 2 heterocycles. The second-order valence-corrected chi connectivity index (χ2v) is 6.03. The Labute approximate surface area is 131 Å². The average molecular weight is 350 g/mol. The first-order valence-electron chi connectivity index (χ1n) is 6.78. The normalized spacial score (nSPS) is 13.5. The lowest BCUT2D eigenvalue weighted by Gasteiger charge is -2.20. The van der Waals surface area contributed by atoms with Crippen LogP contribution in [0.2, 0.25) is 0 Å². The molecule has 1 aliphatic heterocycles. The van der Waals surface area contributed by atoms with Crippen LogP contribution in [0.15, 0.2) is 22.7 Å². The van der Waals surface area contributed by atoms with Crippen LogP contribution in [0, 0.1) is 0 Å². The molecule has 0 atom stereocenters. The number of hydrogen-bond acceptors (Lipinski definition) is 5. The van der Waals surface area contributed by atoms with Gasteiger partial charge in [0.25, 0.3) is 0 Å². The number of nitrogen functional groups attached to an aromatic ring is 1. The quantitative estimate of drug-likeness (QED) is 0.899. The molecule has 1 aromatic carbocycles. The molecule has 110 valence electrons. The molecule has 0 amide bonds. The maximum absolute atomic E-state index is 5.89. The molecule has 1 aliphatic rings. The first-order valence-corrected chi connectivity index (χ1v) is 7.58. The van der Waals surface area contributed by atoms with Gasteiger partial charge in [0.1, 0.15) is 19.0 Å². The lowest BCUT2D eigenvalue weighted by atomic mass is 10.1. The number of ether oxygens (including phenoxy) is 2. The van der Waals surface area contributed by atoms with Crippen LogP contribution in [-0.4, -0.2) is 23.2 Å². The summed E-state index contributed by atoms with van der Waals surface area (Å²) in [6.45, 7) is 5.24. The predicted molar refractivity (Wildman–Crippen MR) is 84.7 cm³/mol. The second kappa shape index (κ2) is 5.52. The van der Waals surface area contributed by atoms with Gasteiger partial charge in [0, 0.05) is 17.3 Å². The van der Waals surface area contributed by atoms with E-state index in [-0.39, 0.29) is 5.92 Å². The van der Waals surface area contributed by atoms with Crippen molar-refractivity contribution in [3.63, 3.8) is 0 Å². The highest BCUT2D eigenvalue weighted by Gasteiger charge is 2.18. The van der Waals surface area contributed by atoms with Crippen molar-refractivity contribution in [3.8, 4) is 22.9 Å². The van der Waals surface area contributed by atoms with E-state index in [2.05, 4.69) is 39.7 Å². The van der Waals surface area contributed by atoms with Gasteiger partial charge < -0.3 is 15.2 Å². The van der Waals surface area contributed by atoms with Gasteiger partial charge in [0.15, 0.2) is 17.3 Å². The van der Waals surface area contributed by atoms with Gasteiger partial charge in [0.05, 0.1) is 4.47 Å². The number of halogens is 1. The van der Waals surface area contributed by atoms with Crippen molar-refractivity contribution in [1.82, 2.24) is 9.97 Å². The summed E-state index contributed by atoms with van der Waals surface area (Å²) in [5.74, 6) is 2.77. The fourth-order valence-corrected chi connectivity index (χ4v) is 2.71. The minimum absolute atomic E-state index is 0.287. The number of anilines is 1. The van der Waals surface area contributed by atoms with Crippen LogP contribution in [0.1, 0.15) is 25.5 Å². The molecule has 2 N–H and O–H groups in total. The van der Waals surface area contributed by atoms with Gasteiger partial charge in [-0.2, -0.15) is 0 Å². The van der Waals surface area contributed by atoms with E-state index in [9.17, 15) is 0 Å². The van der Waals surface area contributed by atoms with Crippen molar-refractivity contribution in [2.75, 3.05) is 18.9 Å². The minimum atomic E-state index is 0.287. The third-order valence-corrected chi connectivity index (χ3v) is 3.80. The molecular weight excluding hydrogens is 334 g/mol. The lowest BCUT2D eigenvalue weighted by Crippen LogP contribution is -2.15. The molecule has 0 fully saturated rings. The molecule has 0 aliphatic carbocycles. The fraction of sp³-hybridized carbons (Fsp3) is 0.333. The Kier molecular flexibility index (Phi) is 3.71. The Hall–Kier alpha value is -1.82. The van der Waals surface area contributed by atoms with E-state index in [1.165, 1.54) is 0 Å². The van der Waals surface area contributed by atoms with Gasteiger partial charge in [-0.3, -0.25) is 0 Å². The molecule has 2 aromatic rings. The van der Waals surface area contributed by atoms with Gasteiger partial charge in [-0.25, -0.2) is 9.97 Å². The summed E-state index contributed by atoms with van der Waals surface area (Å²) in [6.07, 6.45) is 0. The minimum Gasteiger partial charge on any atom is -0.486 e. The summed E-state index contributed by atoms with van der Waals surface area (Å²) in [5, 5.41) is 0. The summed E-state index contributed by atoms with van der Waals surface area (Å²) < 4.78 is 12.1. The zero-order valence-electron chi connectivity index (χ0n) is 11.9. The van der Waals surface area contributed by atoms with Crippen molar-refractivity contribution in [2.45, 2.75) is 19.8 Å². The van der Waals surface area contributed by atoms with Crippen LogP contribution in [0.3, 0.4) is 0 Å². The highest BCUT2D eigenvalue weighted by atomic mass is 79.9. The maximum Gasteiger partial charge on any atom is 0.175 e. The highest BCUT2D eigenvalue weighted by molar-refractivity contribution is 9.10. The Morgan fingerprint density at radius 1 is 1.14 bits per heavy atom. The van der Waals surface area contributed by atoms with Gasteiger partial charge in [0.2, 0.25) is 0 Å². The van der Waals surface area contributed by atoms with Crippen LogP contribution >= 0.6 is 15.9 Å². The van der Waals surface area contributed by atoms with Crippen LogP contribution in [0.25, 0.3) is 11.4 Å². The molecule has 5 nitrogen and oxygen atoms in total. The summed E-state index contributed by atoms with van der Waals surface area (Å²) in [5.41, 5.74) is 7.66. The zero-order chi connectivity index (χ0) is 15.0. The molecule has 0 saturated carbocycles. The van der Waals surface area contributed by atoms with Crippen LogP contribution in [-0.2, 0) is 0 Å². The Morgan fingerprint density at radius 3 is 2.67 bits per heavy atom. The Balaban J connectivity index is 2.10. The fourth-order valence-electron chi connectivity index (χ4n) is 2.15. The first-order chi connectivity index (χ1) is 10.0. The molecule has 6 heteroatoms. The number of benzene rings is 1. The highest BCUT2D eigenvalue weighted by Crippen LogP contribution is 2.40. The third kappa shape index (κ3) is 2.81. The summed E-state index contributed by atoms with van der Waals surface area (Å²) in [4.78, 5) is 8.91. The van der Waals surface area contributed by atoms with Crippen molar-refractivity contribution >= 4 is 21.7 Å². The zero-order valence-corrected chi connectivity index (χ0v) is 13.5. The molecule has 0 saturated heterocycles. The van der Waals surface area contributed by atoms with E-state index in [1.807, 2.05) is 12.1 Å². The number of nitrogens with zero attached hydrogens (tertiary/aromatic N) is 2. The molecular formula is C15H16BrN3O2. The molecule has 0 radical (unpaired) electrons. The van der Waals surface area contributed by atoms with E-state index < -0.39 is 0 Å². The van der Waals surface area contributed by atoms with Crippen molar-refractivity contribution in [2.24, 2.45) is 0 Å². The van der Waals surface area contributed by atoms with Crippen molar-refractivity contribution in [1.29, 1.82) is 0 Å². The summed E-state index contributed by atoms with van der Waals surface area (Å²) in [6, 6.07) is 5.62. The average Bonchev–Trinajstić information content (AvgIpc) is 2.46. The number of fused-ring (bicyclic) bond motifs is 1. The second-order valence-electron chi connectivity index (χ2n) is 5.18. The number of nitrogens with two attached hydrogens (primary N) is 1. The van der Waals surface area contributed by atoms with Crippen LogP contribution in [0.4, 0.5) is 5.82 Å². The molecule has 1 aromatic heterocycles. The van der Waals surface area contributed by atoms with Crippen molar-refractivity contribution < 1.29 is 9.47 Å². The van der Waals surface area contributed by atoms with E-state index >= 15 is 0 Å². The van der Waals surface area contributed by atoms with Crippen molar-refractivity contribution in [3.05, 3.63) is 28.4 Å². The van der Waals surface area contributed by atoms with Gasteiger partial charge in [-0.15, -0.1) is 0 Å². The third-order valence-electron chi connectivity index (χ3n) is 3.21. The van der Waals surface area contributed by atoms with E-state index in [4.69, 9.17) is 15.2 Å². The molecule has 21 heavy (non-hydrogen) atoms. The summed E-state index contributed by atoms with van der Waals surface area (Å²) >= 11 is 3.50. The van der Waals surface area contributed by atoms with Crippen LogP contribution in [0.5, 0.6) is 11.5 Å². The van der Waals surface area contributed by atoms with Gasteiger partial charge in [-0.1, -0.05) is 13.8 Å². The maximum atomic E-state index is 5.89. The molecule has 0 spiro atoms. The van der Waals surface area contributed by atoms with E-state index in [0.717, 1.165) is 21.5 Å². The topological polar surface area (TPSA) is 70.3 Å². The predicted octanol–water partition coefficient (Wildman–Crippen LogP) is 3.38. The summed E-state index contributed by atoms with van der Waals surface area (Å²) in [7, 11) is 0. The standard InChI is InChI=1S/C15H16BrN3O2/c1-8(2)11-7-13(17)19-15(18-11)9-5-10(16)14-12(6-9)20-3-4-21-14/h5-8H,3-4H2,1-2H3,(H2,17,18,19). The monoisotopic (exact) mass is 349 g/mol. The SMILES string of the molecule is CC(C)c1cc(N)nc(-c2cc(Br)c3c(c2)OCCO3)n1. The molecule has 0 unspecified atom stereocenters. The van der Waals surface area contributed by atoms with Crippen LogP contribution < -0.4 is 15.2 Å². The van der Waals surface area contributed by atoms with E-state index in [0.29, 0.717) is 30.6 Å². The first kappa shape index (κ1) is 14.1. The van der Waals surface area contributed by atoms with Gasteiger partial charge >= 0.3 is 0 Å². The van der Waals surface area contributed by atoms with Gasteiger partial charge in [-0.05, 0) is 34.0 Å². The van der Waals surface area contributed by atoms with E-state index in [1.54, 1.807) is 6.07 Å². The molecule has 0 bridgehead atoms.